The Morgan fingerprint density at radius 2 is 1.43 bits per heavy atom. The number of nitrogens with zero attached hydrogens (tertiary/aromatic N) is 3. The Kier molecular flexibility index (Phi) is 10.4. The number of pyridine rings is 1. The lowest BCUT2D eigenvalue weighted by Gasteiger charge is -2.29. The summed E-state index contributed by atoms with van der Waals surface area (Å²) in [5.41, 5.74) is 14.5. The molecule has 0 saturated carbocycles. The zero-order valence-electron chi connectivity index (χ0n) is 33.3. The molecule has 5 aromatic carbocycles. The number of hydrogen-bond donors (Lipinski definition) is 1. The van der Waals surface area contributed by atoms with Crippen LogP contribution in [0.1, 0.15) is 105 Å². The van der Waals surface area contributed by atoms with Crippen LogP contribution < -0.4 is 5.32 Å². The van der Waals surface area contributed by atoms with Gasteiger partial charge in [-0.1, -0.05) is 156 Å². The first-order chi connectivity index (χ1) is 26.1. The molecule has 0 aliphatic heterocycles. The van der Waals surface area contributed by atoms with Crippen molar-refractivity contribution in [2.75, 3.05) is 14.1 Å². The van der Waals surface area contributed by atoms with Gasteiger partial charge in [0.25, 0.3) is 0 Å². The number of amidine groups is 2. The molecular formula is C50H54N4. The molecule has 6 aromatic rings. The third-order valence-electron chi connectivity index (χ3n) is 11.4. The molecule has 0 spiro atoms. The predicted octanol–water partition coefficient (Wildman–Crippen LogP) is 12.0. The summed E-state index contributed by atoms with van der Waals surface area (Å²) in [4.78, 5) is 14.6. The maximum absolute atomic E-state index is 5.20. The van der Waals surface area contributed by atoms with E-state index in [1.165, 1.54) is 70.2 Å². The van der Waals surface area contributed by atoms with Gasteiger partial charge in [-0.25, -0.2) is 0 Å². The molecule has 0 saturated heterocycles. The second kappa shape index (κ2) is 15.2. The fourth-order valence-electron chi connectivity index (χ4n) is 8.35. The highest BCUT2D eigenvalue weighted by Crippen LogP contribution is 2.53. The number of hydrogen-bond acceptors (Lipinski definition) is 3. The van der Waals surface area contributed by atoms with Crippen molar-refractivity contribution in [2.45, 2.75) is 84.5 Å². The van der Waals surface area contributed by atoms with Crippen molar-refractivity contribution in [3.05, 3.63) is 160 Å². The molecule has 1 aliphatic rings. The highest BCUT2D eigenvalue weighted by atomic mass is 15.1. The zero-order chi connectivity index (χ0) is 38.0. The summed E-state index contributed by atoms with van der Waals surface area (Å²) in [6, 6.07) is 40.4. The van der Waals surface area contributed by atoms with E-state index in [4.69, 9.17) is 9.98 Å². The zero-order valence-corrected chi connectivity index (χ0v) is 33.3. The number of rotatable bonds is 9. The number of aromatic nitrogens is 1. The maximum atomic E-state index is 5.20. The first kappa shape index (κ1) is 37.0. The lowest BCUT2D eigenvalue weighted by molar-refractivity contribution is 0.590. The van der Waals surface area contributed by atoms with E-state index < -0.39 is 0 Å². The van der Waals surface area contributed by atoms with Crippen molar-refractivity contribution in [2.24, 2.45) is 9.98 Å². The van der Waals surface area contributed by atoms with E-state index in [2.05, 4.69) is 161 Å². The van der Waals surface area contributed by atoms with Crippen LogP contribution in [-0.2, 0) is 17.3 Å². The van der Waals surface area contributed by atoms with Gasteiger partial charge >= 0.3 is 0 Å². The largest absolute Gasteiger partial charge is 0.325 e. The molecule has 1 aliphatic carbocycles. The van der Waals surface area contributed by atoms with E-state index in [9.17, 15) is 0 Å². The van der Waals surface area contributed by atoms with Crippen molar-refractivity contribution in [1.29, 1.82) is 0 Å². The Hall–Kier alpha value is -5.35. The molecule has 7 rings (SSSR count). The first-order valence-corrected chi connectivity index (χ1v) is 19.6. The number of fused-ring (bicyclic) bond motifs is 4. The number of aliphatic imine (C=N–C) groups is 2. The Bertz CT molecular complexity index is 2370. The average Bonchev–Trinajstić information content (AvgIpc) is 3.44. The monoisotopic (exact) mass is 710 g/mol. The molecular weight excluding hydrogens is 657 g/mol. The van der Waals surface area contributed by atoms with Crippen LogP contribution in [0.2, 0.25) is 0 Å². The Labute approximate surface area is 322 Å². The molecule has 1 N–H and O–H groups in total. The molecule has 1 unspecified atom stereocenters. The van der Waals surface area contributed by atoms with Gasteiger partial charge in [-0.05, 0) is 82.5 Å². The molecule has 54 heavy (non-hydrogen) atoms. The van der Waals surface area contributed by atoms with E-state index in [1.807, 2.05) is 20.3 Å². The van der Waals surface area contributed by atoms with Crippen molar-refractivity contribution in [1.82, 2.24) is 10.3 Å². The van der Waals surface area contributed by atoms with Crippen LogP contribution in [0.4, 0.5) is 0 Å². The minimum Gasteiger partial charge on any atom is -0.325 e. The SMILES string of the molecule is CCCCCCc1cc(C)cc(C2(C)c3ccccc3-c3ccc(-c4ncc(C(=NC)NC(=NC)c5ccc(C(C)(C)C)cc5)c5ccccc45)cc32)c1. The lowest BCUT2D eigenvalue weighted by Crippen LogP contribution is -2.32. The third-order valence-corrected chi connectivity index (χ3v) is 11.4. The molecule has 1 heterocycles. The molecule has 4 nitrogen and oxygen atoms in total. The average molecular weight is 711 g/mol. The van der Waals surface area contributed by atoms with Gasteiger partial charge in [-0.2, -0.15) is 0 Å². The van der Waals surface area contributed by atoms with Gasteiger partial charge in [-0.15, -0.1) is 0 Å². The van der Waals surface area contributed by atoms with E-state index in [1.54, 1.807) is 0 Å². The molecule has 1 aromatic heterocycles. The number of benzene rings is 5. The summed E-state index contributed by atoms with van der Waals surface area (Å²) in [6.45, 7) is 13.6. The van der Waals surface area contributed by atoms with Crippen LogP contribution in [-0.4, -0.2) is 30.8 Å². The van der Waals surface area contributed by atoms with Gasteiger partial charge in [0, 0.05) is 47.8 Å². The summed E-state index contributed by atoms with van der Waals surface area (Å²) < 4.78 is 0. The number of aryl methyl sites for hydroxylation is 2. The molecule has 0 bridgehead atoms. The van der Waals surface area contributed by atoms with E-state index in [0.717, 1.165) is 51.2 Å². The normalized spacial score (nSPS) is 15.7. The molecule has 0 radical (unpaired) electrons. The lowest BCUT2D eigenvalue weighted by atomic mass is 9.73. The van der Waals surface area contributed by atoms with Crippen molar-refractivity contribution >= 4 is 22.4 Å². The molecule has 0 fully saturated rings. The summed E-state index contributed by atoms with van der Waals surface area (Å²) >= 11 is 0. The predicted molar refractivity (Wildman–Crippen MR) is 230 cm³/mol. The van der Waals surface area contributed by atoms with Gasteiger partial charge < -0.3 is 5.32 Å². The summed E-state index contributed by atoms with van der Waals surface area (Å²) in [5.74, 6) is 1.50. The quantitative estimate of drug-likeness (QED) is 0.0922. The van der Waals surface area contributed by atoms with Gasteiger partial charge in [0.1, 0.15) is 11.7 Å². The van der Waals surface area contributed by atoms with Crippen LogP contribution in [0.15, 0.2) is 125 Å². The van der Waals surface area contributed by atoms with Gasteiger partial charge in [-0.3, -0.25) is 15.0 Å². The van der Waals surface area contributed by atoms with Crippen molar-refractivity contribution in [3.8, 4) is 22.4 Å². The Morgan fingerprint density at radius 3 is 2.15 bits per heavy atom. The van der Waals surface area contributed by atoms with Gasteiger partial charge in [0.2, 0.25) is 0 Å². The molecule has 0 amide bonds. The van der Waals surface area contributed by atoms with Gasteiger partial charge in [0.15, 0.2) is 0 Å². The minimum absolute atomic E-state index is 0.0803. The van der Waals surface area contributed by atoms with Crippen molar-refractivity contribution < 1.29 is 0 Å². The highest BCUT2D eigenvalue weighted by Gasteiger charge is 2.41. The maximum Gasteiger partial charge on any atom is 0.135 e. The second-order valence-electron chi connectivity index (χ2n) is 16.1. The second-order valence-corrected chi connectivity index (χ2v) is 16.1. The van der Waals surface area contributed by atoms with Crippen LogP contribution in [0.3, 0.4) is 0 Å². The van der Waals surface area contributed by atoms with Crippen LogP contribution in [0.5, 0.6) is 0 Å². The summed E-state index contributed by atoms with van der Waals surface area (Å²) in [5, 5.41) is 5.73. The molecule has 4 heteroatoms. The molecule has 274 valence electrons. The van der Waals surface area contributed by atoms with Gasteiger partial charge in [0.05, 0.1) is 5.69 Å². The fraction of sp³-hybridized carbons (Fsp3) is 0.300. The number of unbranched alkanes of at least 4 members (excludes halogenated alkanes) is 3. The van der Waals surface area contributed by atoms with E-state index in [-0.39, 0.29) is 10.8 Å². The Balaban J connectivity index is 1.28. The molecule has 1 atom stereocenters. The minimum atomic E-state index is -0.297. The van der Waals surface area contributed by atoms with Crippen LogP contribution >= 0.6 is 0 Å². The van der Waals surface area contributed by atoms with Crippen molar-refractivity contribution in [3.63, 3.8) is 0 Å². The fourth-order valence-corrected chi connectivity index (χ4v) is 8.35. The Morgan fingerprint density at radius 1 is 0.722 bits per heavy atom. The highest BCUT2D eigenvalue weighted by molar-refractivity contribution is 6.19. The summed E-state index contributed by atoms with van der Waals surface area (Å²) in [7, 11) is 3.64. The van der Waals surface area contributed by atoms with Crippen LogP contribution in [0, 0.1) is 6.92 Å². The smallest absolute Gasteiger partial charge is 0.135 e. The summed E-state index contributed by atoms with van der Waals surface area (Å²) in [6.07, 6.45) is 8.16. The topological polar surface area (TPSA) is 49.6 Å². The number of nitrogens with one attached hydrogen (secondary N) is 1. The van der Waals surface area contributed by atoms with E-state index in [0.29, 0.717) is 0 Å². The third kappa shape index (κ3) is 6.91. The first-order valence-electron chi connectivity index (χ1n) is 19.6. The van der Waals surface area contributed by atoms with Crippen LogP contribution in [0.25, 0.3) is 33.2 Å². The standard InChI is InChI=1S/C50H54N4/c1-9-10-11-12-17-34-28-33(2)29-38(30-34)50(6)44-21-16-15-19-40(44)41-27-24-36(31-45(41)50)46-42-20-14-13-18-39(42)43(32-53-46)48(52-8)54-47(51-7)35-22-25-37(26-23-35)49(3,4)5/h13-16,18-32H,9-12,17H2,1-8H3,(H,51,52,54). The van der Waals surface area contributed by atoms with E-state index >= 15 is 0 Å².